The molecule has 3 heteroatoms. The molecule has 0 amide bonds. The normalized spacial score (nSPS) is 17.8. The second-order valence-corrected chi connectivity index (χ2v) is 5.14. The van der Waals surface area contributed by atoms with E-state index in [1.807, 2.05) is 11.0 Å². The molecule has 1 aromatic carbocycles. The van der Waals surface area contributed by atoms with Gasteiger partial charge in [0.15, 0.2) is 0 Å². The molecule has 0 radical (unpaired) electrons. The zero-order valence-electron chi connectivity index (χ0n) is 10.7. The van der Waals surface area contributed by atoms with Crippen LogP contribution in [0.5, 0.6) is 0 Å². The van der Waals surface area contributed by atoms with Gasteiger partial charge >= 0.3 is 5.97 Å². The van der Waals surface area contributed by atoms with Gasteiger partial charge in [0.25, 0.3) is 0 Å². The maximum absolute atomic E-state index is 10.6. The Balaban J connectivity index is 1.69. The van der Waals surface area contributed by atoms with Gasteiger partial charge in [-0.25, -0.2) is 0 Å². The number of nitrogens with zero attached hydrogens (tertiary/aromatic N) is 1. The molecule has 0 bridgehead atoms. The molecule has 0 aliphatic carbocycles. The minimum absolute atomic E-state index is 0.200. The summed E-state index contributed by atoms with van der Waals surface area (Å²) in [5, 5.41) is 8.74. The second kappa shape index (κ2) is 6.55. The van der Waals surface area contributed by atoms with Crippen molar-refractivity contribution in [3.63, 3.8) is 0 Å². The highest BCUT2D eigenvalue weighted by molar-refractivity contribution is 5.69. The van der Waals surface area contributed by atoms with Gasteiger partial charge in [0, 0.05) is 0 Å². The first-order chi connectivity index (χ1) is 8.74. The summed E-state index contributed by atoms with van der Waals surface area (Å²) < 4.78 is 0. The monoisotopic (exact) mass is 247 g/mol. The maximum atomic E-state index is 10.6. The van der Waals surface area contributed by atoms with E-state index >= 15 is 0 Å². The summed E-state index contributed by atoms with van der Waals surface area (Å²) in [6.07, 6.45) is 4.65. The zero-order valence-corrected chi connectivity index (χ0v) is 10.7. The third-order valence-corrected chi connectivity index (χ3v) is 3.75. The van der Waals surface area contributed by atoms with Gasteiger partial charge in [-0.2, -0.15) is 0 Å². The molecule has 1 fully saturated rings. The van der Waals surface area contributed by atoms with Crippen molar-refractivity contribution in [3.8, 4) is 0 Å². The first-order valence-corrected chi connectivity index (χ1v) is 6.72. The number of piperidine rings is 1. The van der Waals surface area contributed by atoms with E-state index in [0.29, 0.717) is 0 Å². The molecule has 1 saturated heterocycles. The number of carboxylic acids is 1. The van der Waals surface area contributed by atoms with Crippen LogP contribution < -0.4 is 0 Å². The predicted octanol–water partition coefficient (Wildman–Crippen LogP) is 2.42. The van der Waals surface area contributed by atoms with Crippen LogP contribution in [0.2, 0.25) is 0 Å². The third kappa shape index (κ3) is 4.15. The van der Waals surface area contributed by atoms with Gasteiger partial charge in [-0.3, -0.25) is 9.69 Å². The molecule has 1 aliphatic heterocycles. The number of aliphatic carboxylic acids is 1. The lowest BCUT2D eigenvalue weighted by atomic mass is 9.90. The van der Waals surface area contributed by atoms with Crippen molar-refractivity contribution in [3.05, 3.63) is 35.9 Å². The SMILES string of the molecule is O=C(O)CN1CCC(CCc2ccccc2)CC1. The van der Waals surface area contributed by atoms with E-state index in [1.54, 1.807) is 0 Å². The van der Waals surface area contributed by atoms with Gasteiger partial charge in [-0.05, 0) is 50.3 Å². The van der Waals surface area contributed by atoms with Gasteiger partial charge in [0.05, 0.1) is 6.54 Å². The molecule has 1 N–H and O–H groups in total. The average Bonchev–Trinajstić information content (AvgIpc) is 2.38. The Bertz CT molecular complexity index is 369. The lowest BCUT2D eigenvalue weighted by Gasteiger charge is -2.30. The Morgan fingerprint density at radius 1 is 1.22 bits per heavy atom. The van der Waals surface area contributed by atoms with E-state index in [-0.39, 0.29) is 6.54 Å². The fourth-order valence-electron chi connectivity index (χ4n) is 2.64. The largest absolute Gasteiger partial charge is 0.480 e. The van der Waals surface area contributed by atoms with E-state index in [9.17, 15) is 4.79 Å². The average molecular weight is 247 g/mol. The fraction of sp³-hybridized carbons (Fsp3) is 0.533. The first-order valence-electron chi connectivity index (χ1n) is 6.72. The summed E-state index contributed by atoms with van der Waals surface area (Å²) in [5.74, 6) is 0.0491. The van der Waals surface area contributed by atoms with E-state index in [4.69, 9.17) is 5.11 Å². The van der Waals surface area contributed by atoms with Crippen molar-refractivity contribution in [1.29, 1.82) is 0 Å². The van der Waals surface area contributed by atoms with Gasteiger partial charge in [0.1, 0.15) is 0 Å². The number of hydrogen-bond donors (Lipinski definition) is 1. The van der Waals surface area contributed by atoms with Crippen LogP contribution in [0, 0.1) is 5.92 Å². The van der Waals surface area contributed by atoms with Crippen LogP contribution in [0.4, 0.5) is 0 Å². The van der Waals surface area contributed by atoms with Crippen molar-refractivity contribution in [2.45, 2.75) is 25.7 Å². The Morgan fingerprint density at radius 2 is 1.89 bits per heavy atom. The number of hydrogen-bond acceptors (Lipinski definition) is 2. The number of likely N-dealkylation sites (tertiary alicyclic amines) is 1. The van der Waals surface area contributed by atoms with E-state index in [0.717, 1.165) is 38.3 Å². The van der Waals surface area contributed by atoms with Crippen LogP contribution in [0.1, 0.15) is 24.8 Å². The molecule has 0 aromatic heterocycles. The van der Waals surface area contributed by atoms with Crippen LogP contribution in [-0.2, 0) is 11.2 Å². The van der Waals surface area contributed by atoms with Crippen LogP contribution in [0.25, 0.3) is 0 Å². The van der Waals surface area contributed by atoms with E-state index in [1.165, 1.54) is 12.0 Å². The van der Waals surface area contributed by atoms with Crippen molar-refractivity contribution >= 4 is 5.97 Å². The number of carbonyl (C=O) groups is 1. The summed E-state index contributed by atoms with van der Waals surface area (Å²) >= 11 is 0. The highest BCUT2D eigenvalue weighted by Gasteiger charge is 2.20. The quantitative estimate of drug-likeness (QED) is 0.868. The molecule has 1 aliphatic rings. The molecule has 18 heavy (non-hydrogen) atoms. The molecule has 98 valence electrons. The Labute approximate surface area is 108 Å². The van der Waals surface area contributed by atoms with Gasteiger partial charge in [-0.1, -0.05) is 30.3 Å². The smallest absolute Gasteiger partial charge is 0.317 e. The molecule has 0 saturated carbocycles. The molecule has 1 aromatic rings. The highest BCUT2D eigenvalue weighted by atomic mass is 16.4. The summed E-state index contributed by atoms with van der Waals surface area (Å²) in [4.78, 5) is 12.7. The predicted molar refractivity (Wildman–Crippen MR) is 71.6 cm³/mol. The van der Waals surface area contributed by atoms with Crippen molar-refractivity contribution in [1.82, 2.24) is 4.90 Å². The van der Waals surface area contributed by atoms with Crippen LogP contribution >= 0.6 is 0 Å². The molecule has 2 rings (SSSR count). The van der Waals surface area contributed by atoms with Gasteiger partial charge in [0.2, 0.25) is 0 Å². The number of benzene rings is 1. The second-order valence-electron chi connectivity index (χ2n) is 5.14. The standard InChI is InChI=1S/C15H21NO2/c17-15(18)12-16-10-8-14(9-11-16)7-6-13-4-2-1-3-5-13/h1-5,14H,6-12H2,(H,17,18). The van der Waals surface area contributed by atoms with Crippen molar-refractivity contribution in [2.75, 3.05) is 19.6 Å². The van der Waals surface area contributed by atoms with Gasteiger partial charge in [-0.15, -0.1) is 0 Å². The molecule has 3 nitrogen and oxygen atoms in total. The minimum atomic E-state index is -0.710. The highest BCUT2D eigenvalue weighted by Crippen LogP contribution is 2.22. The minimum Gasteiger partial charge on any atom is -0.480 e. The summed E-state index contributed by atoms with van der Waals surface area (Å²) in [7, 11) is 0. The first kappa shape index (κ1) is 13.1. The lowest BCUT2D eigenvalue weighted by Crippen LogP contribution is -2.37. The topological polar surface area (TPSA) is 40.5 Å². The number of rotatable bonds is 5. The molecule has 0 atom stereocenters. The Morgan fingerprint density at radius 3 is 2.50 bits per heavy atom. The lowest BCUT2D eigenvalue weighted by molar-refractivity contribution is -0.138. The summed E-state index contributed by atoms with van der Waals surface area (Å²) in [6, 6.07) is 10.6. The fourth-order valence-corrected chi connectivity index (χ4v) is 2.64. The third-order valence-electron chi connectivity index (χ3n) is 3.75. The summed E-state index contributed by atoms with van der Waals surface area (Å²) in [5.41, 5.74) is 1.41. The molecular formula is C15H21NO2. The van der Waals surface area contributed by atoms with Crippen LogP contribution in [0.3, 0.4) is 0 Å². The van der Waals surface area contributed by atoms with Crippen molar-refractivity contribution < 1.29 is 9.90 Å². The zero-order chi connectivity index (χ0) is 12.8. The molecule has 1 heterocycles. The van der Waals surface area contributed by atoms with Crippen LogP contribution in [-0.4, -0.2) is 35.6 Å². The van der Waals surface area contributed by atoms with E-state index < -0.39 is 5.97 Å². The maximum Gasteiger partial charge on any atom is 0.317 e. The molecule has 0 spiro atoms. The van der Waals surface area contributed by atoms with Crippen LogP contribution in [0.15, 0.2) is 30.3 Å². The van der Waals surface area contributed by atoms with Gasteiger partial charge < -0.3 is 5.11 Å². The number of aryl methyl sites for hydroxylation is 1. The Hall–Kier alpha value is -1.35. The van der Waals surface area contributed by atoms with E-state index in [2.05, 4.69) is 24.3 Å². The molecular weight excluding hydrogens is 226 g/mol. The summed E-state index contributed by atoms with van der Waals surface area (Å²) in [6.45, 7) is 2.07. The Kier molecular flexibility index (Phi) is 4.76. The molecule has 0 unspecified atom stereocenters. The van der Waals surface area contributed by atoms with Crippen molar-refractivity contribution in [2.24, 2.45) is 5.92 Å². The number of carboxylic acid groups (broad SMARTS) is 1.